The second-order valence-corrected chi connectivity index (χ2v) is 14.3. The van der Waals surface area contributed by atoms with Gasteiger partial charge in [0.1, 0.15) is 11.9 Å². The van der Waals surface area contributed by atoms with Crippen LogP contribution in [0.15, 0.2) is 18.2 Å². The first-order valence-electron chi connectivity index (χ1n) is 15.1. The summed E-state index contributed by atoms with van der Waals surface area (Å²) in [6.45, 7) is 0. The molecule has 6 saturated carbocycles. The number of Topliss-reactive ketones (excluding diaryl/α,β-unsaturated/α-hetero) is 4. The highest BCUT2D eigenvalue weighted by molar-refractivity contribution is 6.32. The SMILES string of the molecule is CN(C)[C@H]1C(=O)C(C(N)=O)C(=O)[C@]2(O)C(=O)C3C(=O)c4c(O)cccc4C[C@@H]3[C@@H](OC(=O)C34CC5CC(CC(C5)C3)C4)[C@H]12. The van der Waals surface area contributed by atoms with Gasteiger partial charge in [0, 0.05) is 5.92 Å². The van der Waals surface area contributed by atoms with Crippen LogP contribution < -0.4 is 5.73 Å². The maximum Gasteiger partial charge on any atom is 0.312 e. The highest BCUT2D eigenvalue weighted by atomic mass is 16.5. The van der Waals surface area contributed by atoms with Crippen LogP contribution in [0.25, 0.3) is 0 Å². The number of aliphatic hydroxyl groups is 1. The normalized spacial score (nSPS) is 42.8. The third-order valence-corrected chi connectivity index (χ3v) is 11.6. The summed E-state index contributed by atoms with van der Waals surface area (Å²) >= 11 is 0. The van der Waals surface area contributed by atoms with Crippen LogP contribution in [0, 0.1) is 46.8 Å². The number of carbonyl (C=O) groups is 6. The standard InChI is InChI=1S/C32H36N2O9/c1-34(2)23-22-26(43-30(41)31-10-13-6-14(11-31)8-15(7-13)12-31)17-9-16-4-3-5-18(35)19(16)24(36)20(17)27(38)32(22,42)28(39)21(25(23)37)29(33)40/h3-5,13-15,17,20-23,26,35,42H,6-12H2,1-2H3,(H2,33,40)/t13?,14?,15?,17-,20?,21?,22-,23+,26+,31?,32+/m0/s1. The number of phenols is 1. The Balaban J connectivity index is 1.38. The average molecular weight is 593 g/mol. The number of primary amides is 1. The van der Waals surface area contributed by atoms with Crippen LogP contribution in [0.4, 0.5) is 0 Å². The molecule has 7 aliphatic rings. The molecule has 0 aliphatic heterocycles. The number of rotatable bonds is 4. The molecule has 4 N–H and O–H groups in total. The maximum absolute atomic E-state index is 14.3. The summed E-state index contributed by atoms with van der Waals surface area (Å²) in [6, 6.07) is 3.12. The zero-order valence-corrected chi connectivity index (χ0v) is 24.2. The van der Waals surface area contributed by atoms with Crippen LogP contribution in [0.1, 0.15) is 54.4 Å². The van der Waals surface area contributed by atoms with Crippen molar-refractivity contribution in [2.75, 3.05) is 14.1 Å². The third kappa shape index (κ3) is 3.73. The smallest absolute Gasteiger partial charge is 0.312 e. The van der Waals surface area contributed by atoms with Gasteiger partial charge < -0.3 is 20.7 Å². The Morgan fingerprint density at radius 2 is 1.58 bits per heavy atom. The fourth-order valence-corrected chi connectivity index (χ4v) is 10.3. The lowest BCUT2D eigenvalue weighted by Crippen LogP contribution is -2.78. The third-order valence-electron chi connectivity index (χ3n) is 11.6. The van der Waals surface area contributed by atoms with Crippen LogP contribution in [-0.4, -0.2) is 82.0 Å². The molecule has 11 nitrogen and oxygen atoms in total. The van der Waals surface area contributed by atoms with E-state index in [4.69, 9.17) is 10.5 Å². The number of ether oxygens (including phenoxy) is 1. The molecule has 228 valence electrons. The van der Waals surface area contributed by atoms with Gasteiger partial charge in [0.05, 0.1) is 28.9 Å². The minimum absolute atomic E-state index is 0.0268. The van der Waals surface area contributed by atoms with Gasteiger partial charge in [0.2, 0.25) is 5.91 Å². The van der Waals surface area contributed by atoms with Crippen molar-refractivity contribution in [1.29, 1.82) is 0 Å². The van der Waals surface area contributed by atoms with E-state index in [0.717, 1.165) is 19.3 Å². The Morgan fingerprint density at radius 1 is 0.977 bits per heavy atom. The maximum atomic E-state index is 14.3. The molecular weight excluding hydrogens is 556 g/mol. The molecule has 0 heterocycles. The van der Waals surface area contributed by atoms with Gasteiger partial charge >= 0.3 is 5.97 Å². The van der Waals surface area contributed by atoms with E-state index < -0.39 is 81.8 Å². The van der Waals surface area contributed by atoms with Crippen LogP contribution in [0.3, 0.4) is 0 Å². The highest BCUT2D eigenvalue weighted by Gasteiger charge is 2.73. The molecule has 8 rings (SSSR count). The van der Waals surface area contributed by atoms with Gasteiger partial charge in [-0.05, 0) is 88.4 Å². The molecule has 7 aliphatic carbocycles. The fourth-order valence-electron chi connectivity index (χ4n) is 10.3. The Morgan fingerprint density at radius 3 is 2.14 bits per heavy atom. The topological polar surface area (TPSA) is 181 Å². The molecule has 0 saturated heterocycles. The summed E-state index contributed by atoms with van der Waals surface area (Å²) in [4.78, 5) is 83.9. The quantitative estimate of drug-likeness (QED) is 0.331. The van der Waals surface area contributed by atoms with E-state index >= 15 is 0 Å². The monoisotopic (exact) mass is 592 g/mol. The second-order valence-electron chi connectivity index (χ2n) is 14.3. The first-order valence-corrected chi connectivity index (χ1v) is 15.1. The molecule has 11 heteroatoms. The minimum Gasteiger partial charge on any atom is -0.507 e. The summed E-state index contributed by atoms with van der Waals surface area (Å²) in [7, 11) is 3.01. The lowest BCUT2D eigenvalue weighted by Gasteiger charge is -2.58. The van der Waals surface area contributed by atoms with Crippen LogP contribution >= 0.6 is 0 Å². The van der Waals surface area contributed by atoms with E-state index in [1.807, 2.05) is 0 Å². The minimum atomic E-state index is -3.01. The van der Waals surface area contributed by atoms with Crippen molar-refractivity contribution in [1.82, 2.24) is 4.90 Å². The molecule has 2 unspecified atom stereocenters. The highest BCUT2D eigenvalue weighted by Crippen LogP contribution is 2.61. The summed E-state index contributed by atoms with van der Waals surface area (Å²) in [5, 5.41) is 22.7. The largest absolute Gasteiger partial charge is 0.507 e. The number of nitrogens with zero attached hydrogens (tertiary/aromatic N) is 1. The van der Waals surface area contributed by atoms with Gasteiger partial charge in [0.25, 0.3) is 0 Å². The Bertz CT molecular complexity index is 1460. The molecule has 0 radical (unpaired) electrons. The number of fused-ring (bicyclic) bond motifs is 3. The number of esters is 1. The average Bonchev–Trinajstić information content (AvgIpc) is 2.91. The summed E-state index contributed by atoms with van der Waals surface area (Å²) in [5.41, 5.74) is 2.04. The van der Waals surface area contributed by atoms with Gasteiger partial charge in [0.15, 0.2) is 34.7 Å². The fraction of sp³-hybridized carbons (Fsp3) is 0.625. The van der Waals surface area contributed by atoms with Gasteiger partial charge in [-0.25, -0.2) is 0 Å². The van der Waals surface area contributed by atoms with E-state index in [9.17, 15) is 39.0 Å². The van der Waals surface area contributed by atoms with Crippen molar-refractivity contribution in [3.05, 3.63) is 29.3 Å². The predicted molar refractivity (Wildman–Crippen MR) is 147 cm³/mol. The van der Waals surface area contributed by atoms with Crippen molar-refractivity contribution in [3.63, 3.8) is 0 Å². The van der Waals surface area contributed by atoms with Gasteiger partial charge in [-0.3, -0.25) is 33.7 Å². The lowest BCUT2D eigenvalue weighted by atomic mass is 9.49. The summed E-state index contributed by atoms with van der Waals surface area (Å²) in [5.74, 6) is -11.5. The lowest BCUT2D eigenvalue weighted by molar-refractivity contribution is -0.213. The molecule has 1 amide bonds. The second kappa shape index (κ2) is 9.28. The number of benzene rings is 1. The van der Waals surface area contributed by atoms with Crippen molar-refractivity contribution < 1.29 is 43.7 Å². The van der Waals surface area contributed by atoms with E-state index in [-0.39, 0.29) is 17.7 Å². The predicted octanol–water partition coefficient (Wildman–Crippen LogP) is 0.605. The number of hydrogen-bond donors (Lipinski definition) is 3. The van der Waals surface area contributed by atoms with Gasteiger partial charge in [-0.2, -0.15) is 0 Å². The Labute approximate surface area is 248 Å². The molecule has 43 heavy (non-hydrogen) atoms. The summed E-state index contributed by atoms with van der Waals surface area (Å²) < 4.78 is 6.38. The Kier molecular flexibility index (Phi) is 6.12. The van der Waals surface area contributed by atoms with Crippen molar-refractivity contribution in [2.45, 2.75) is 62.7 Å². The first kappa shape index (κ1) is 28.3. The molecule has 0 aromatic heterocycles. The molecule has 0 spiro atoms. The molecule has 1 aromatic rings. The van der Waals surface area contributed by atoms with Crippen LogP contribution in [0.2, 0.25) is 0 Å². The number of amides is 1. The Hall–Kier alpha value is -3.44. The zero-order chi connectivity index (χ0) is 30.7. The molecule has 7 atom stereocenters. The van der Waals surface area contributed by atoms with E-state index in [1.54, 1.807) is 12.1 Å². The number of phenolic OH excluding ortho intramolecular Hbond substituents is 1. The number of likely N-dealkylation sites (N-methyl/N-ethyl adjacent to an activating group) is 1. The molecule has 6 fully saturated rings. The van der Waals surface area contributed by atoms with Gasteiger partial charge in [-0.15, -0.1) is 0 Å². The molecular formula is C32H36N2O9. The number of nitrogens with two attached hydrogens (primary N) is 1. The van der Waals surface area contributed by atoms with E-state index in [0.29, 0.717) is 42.6 Å². The van der Waals surface area contributed by atoms with Gasteiger partial charge in [-0.1, -0.05) is 12.1 Å². The van der Waals surface area contributed by atoms with Crippen molar-refractivity contribution in [3.8, 4) is 5.75 Å². The van der Waals surface area contributed by atoms with Crippen LogP contribution in [0.5, 0.6) is 5.75 Å². The molecule has 1 aromatic carbocycles. The zero-order valence-electron chi connectivity index (χ0n) is 24.2. The number of carbonyl (C=O) groups excluding carboxylic acids is 6. The molecule has 4 bridgehead atoms. The summed E-state index contributed by atoms with van der Waals surface area (Å²) in [6.07, 6.45) is 3.87. The van der Waals surface area contributed by atoms with E-state index in [1.165, 1.54) is 25.1 Å². The van der Waals surface area contributed by atoms with Crippen molar-refractivity contribution in [2.24, 2.45) is 52.6 Å². The number of ketones is 4. The first-order chi connectivity index (χ1) is 20.3. The van der Waals surface area contributed by atoms with E-state index in [2.05, 4.69) is 0 Å². The van der Waals surface area contributed by atoms with Crippen molar-refractivity contribution >= 4 is 35.0 Å². The number of hydrogen-bond acceptors (Lipinski definition) is 10. The number of aromatic hydroxyl groups is 1. The van der Waals surface area contributed by atoms with Crippen LogP contribution in [-0.2, 0) is 35.1 Å².